The molecular weight excluding hydrogens is 256 g/mol. The maximum atomic E-state index is 12.1. The first-order valence-electron chi connectivity index (χ1n) is 5.93. The molecule has 2 rings (SSSR count). The fourth-order valence-corrected chi connectivity index (χ4v) is 3.09. The van der Waals surface area contributed by atoms with Crippen LogP contribution < -0.4 is 10.6 Å². The monoisotopic (exact) mass is 272 g/mol. The number of carbonyl (C=O) groups excluding carboxylic acids is 1. The molecule has 1 aliphatic rings. The smallest absolute Gasteiger partial charge is 0.228 e. The number of rotatable bonds is 3. The van der Waals surface area contributed by atoms with Crippen molar-refractivity contribution in [1.82, 2.24) is 10.6 Å². The molecule has 1 aliphatic heterocycles. The van der Waals surface area contributed by atoms with Crippen molar-refractivity contribution in [2.75, 3.05) is 13.1 Å². The van der Waals surface area contributed by atoms with E-state index in [0.29, 0.717) is 6.04 Å². The second-order valence-electron chi connectivity index (χ2n) is 4.40. The van der Waals surface area contributed by atoms with Crippen LogP contribution in [0.1, 0.15) is 30.6 Å². The fraction of sp³-hybridized carbons (Fsp3) is 0.583. The van der Waals surface area contributed by atoms with E-state index in [-0.39, 0.29) is 11.8 Å². The Labute approximate surface area is 111 Å². The minimum atomic E-state index is -0.109. The first-order valence-corrected chi connectivity index (χ1v) is 7.12. The van der Waals surface area contributed by atoms with Gasteiger partial charge in [-0.2, -0.15) is 0 Å². The quantitative estimate of drug-likeness (QED) is 0.887. The summed E-state index contributed by atoms with van der Waals surface area (Å²) >= 11 is 7.36. The highest BCUT2D eigenvalue weighted by molar-refractivity contribution is 7.16. The summed E-state index contributed by atoms with van der Waals surface area (Å²) in [5, 5.41) is 6.40. The number of carbonyl (C=O) groups is 1. The zero-order valence-electron chi connectivity index (χ0n) is 9.83. The fourth-order valence-electron chi connectivity index (χ4n) is 1.98. The number of piperidine rings is 1. The van der Waals surface area contributed by atoms with Crippen LogP contribution in [-0.2, 0) is 4.79 Å². The normalized spacial score (nSPS) is 18.9. The van der Waals surface area contributed by atoms with Crippen molar-refractivity contribution in [3.05, 3.63) is 21.3 Å². The molecule has 94 valence electrons. The summed E-state index contributed by atoms with van der Waals surface area (Å²) in [5.74, 6) is -0.00203. The van der Waals surface area contributed by atoms with Crippen LogP contribution >= 0.6 is 22.9 Å². The molecule has 1 unspecified atom stereocenters. The van der Waals surface area contributed by atoms with Gasteiger partial charge in [-0.1, -0.05) is 11.6 Å². The number of thiophene rings is 1. The number of hydrogen-bond donors (Lipinski definition) is 2. The lowest BCUT2D eigenvalue weighted by atomic mass is 10.0. The van der Waals surface area contributed by atoms with E-state index in [2.05, 4.69) is 10.6 Å². The van der Waals surface area contributed by atoms with Gasteiger partial charge in [0.15, 0.2) is 0 Å². The van der Waals surface area contributed by atoms with Crippen LogP contribution in [0.4, 0.5) is 0 Å². The van der Waals surface area contributed by atoms with Gasteiger partial charge in [0.1, 0.15) is 0 Å². The standard InChI is InChI=1S/C12H17ClN2OS/c1-8(10-2-3-11(13)17-10)12(16)15-9-4-6-14-7-5-9/h2-3,8-9,14H,4-7H2,1H3,(H,15,16). The number of hydrogen-bond acceptors (Lipinski definition) is 3. The third kappa shape index (κ3) is 3.44. The second kappa shape index (κ2) is 5.85. The van der Waals surface area contributed by atoms with Crippen molar-refractivity contribution < 1.29 is 4.79 Å². The van der Waals surface area contributed by atoms with Gasteiger partial charge < -0.3 is 10.6 Å². The molecule has 0 aliphatic carbocycles. The largest absolute Gasteiger partial charge is 0.353 e. The van der Waals surface area contributed by atoms with Gasteiger partial charge in [-0.25, -0.2) is 0 Å². The molecular formula is C12H17ClN2OS. The minimum Gasteiger partial charge on any atom is -0.353 e. The summed E-state index contributed by atoms with van der Waals surface area (Å²) in [6.45, 7) is 3.91. The third-order valence-corrected chi connectivity index (χ3v) is 4.51. The number of nitrogens with one attached hydrogen (secondary N) is 2. The Morgan fingerprint density at radius 2 is 2.24 bits per heavy atom. The molecule has 2 heterocycles. The molecule has 5 heteroatoms. The van der Waals surface area contributed by atoms with Gasteiger partial charge in [0.25, 0.3) is 0 Å². The molecule has 1 aromatic rings. The van der Waals surface area contributed by atoms with E-state index in [1.807, 2.05) is 19.1 Å². The summed E-state index contributed by atoms with van der Waals surface area (Å²) in [7, 11) is 0. The van der Waals surface area contributed by atoms with E-state index >= 15 is 0 Å². The van der Waals surface area contributed by atoms with Crippen molar-refractivity contribution in [2.45, 2.75) is 31.7 Å². The minimum absolute atomic E-state index is 0.107. The molecule has 0 spiro atoms. The topological polar surface area (TPSA) is 41.1 Å². The van der Waals surface area contributed by atoms with Crippen molar-refractivity contribution >= 4 is 28.8 Å². The number of halogens is 1. The van der Waals surface area contributed by atoms with Gasteiger partial charge in [0.2, 0.25) is 5.91 Å². The van der Waals surface area contributed by atoms with Crippen molar-refractivity contribution in [2.24, 2.45) is 0 Å². The van der Waals surface area contributed by atoms with Crippen molar-refractivity contribution in [3.63, 3.8) is 0 Å². The Balaban J connectivity index is 1.90. The van der Waals surface area contributed by atoms with Gasteiger partial charge in [-0.15, -0.1) is 11.3 Å². The maximum absolute atomic E-state index is 12.1. The Hall–Kier alpha value is -0.580. The predicted molar refractivity (Wildman–Crippen MR) is 71.8 cm³/mol. The summed E-state index contributed by atoms with van der Waals surface area (Å²) in [6, 6.07) is 4.09. The predicted octanol–water partition coefficient (Wildman–Crippen LogP) is 2.37. The van der Waals surface area contributed by atoms with Crippen LogP contribution in [0.3, 0.4) is 0 Å². The van der Waals surface area contributed by atoms with Crippen LogP contribution in [0.25, 0.3) is 0 Å². The Kier molecular flexibility index (Phi) is 4.42. The molecule has 1 aromatic heterocycles. The highest BCUT2D eigenvalue weighted by Crippen LogP contribution is 2.28. The Morgan fingerprint density at radius 3 is 2.82 bits per heavy atom. The molecule has 0 radical (unpaired) electrons. The highest BCUT2D eigenvalue weighted by Gasteiger charge is 2.21. The van der Waals surface area contributed by atoms with Crippen LogP contribution in [0.2, 0.25) is 4.34 Å². The van der Waals surface area contributed by atoms with Crippen LogP contribution in [0.15, 0.2) is 12.1 Å². The van der Waals surface area contributed by atoms with Crippen LogP contribution in [0.5, 0.6) is 0 Å². The highest BCUT2D eigenvalue weighted by atomic mass is 35.5. The zero-order valence-corrected chi connectivity index (χ0v) is 11.4. The average Bonchev–Trinajstić information content (AvgIpc) is 2.76. The second-order valence-corrected chi connectivity index (χ2v) is 6.14. The molecule has 0 bridgehead atoms. The molecule has 17 heavy (non-hydrogen) atoms. The van der Waals surface area contributed by atoms with E-state index in [4.69, 9.17) is 11.6 Å². The van der Waals surface area contributed by atoms with Crippen molar-refractivity contribution in [3.8, 4) is 0 Å². The van der Waals surface area contributed by atoms with Crippen LogP contribution in [-0.4, -0.2) is 25.0 Å². The summed E-state index contributed by atoms with van der Waals surface area (Å²) in [4.78, 5) is 13.1. The van der Waals surface area contributed by atoms with Crippen molar-refractivity contribution in [1.29, 1.82) is 0 Å². The molecule has 1 amide bonds. The number of amides is 1. The lowest BCUT2D eigenvalue weighted by molar-refractivity contribution is -0.123. The van der Waals surface area contributed by atoms with E-state index in [1.54, 1.807) is 0 Å². The lowest BCUT2D eigenvalue weighted by Crippen LogP contribution is -2.43. The lowest BCUT2D eigenvalue weighted by Gasteiger charge is -2.25. The van der Waals surface area contributed by atoms with Crippen LogP contribution in [0, 0.1) is 0 Å². The molecule has 0 aromatic carbocycles. The third-order valence-electron chi connectivity index (χ3n) is 3.10. The van der Waals surface area contributed by atoms with Gasteiger partial charge in [0.05, 0.1) is 10.3 Å². The van der Waals surface area contributed by atoms with Gasteiger partial charge in [-0.05, 0) is 45.0 Å². The molecule has 3 nitrogen and oxygen atoms in total. The van der Waals surface area contributed by atoms with E-state index in [1.165, 1.54) is 11.3 Å². The Morgan fingerprint density at radius 1 is 1.53 bits per heavy atom. The molecule has 1 saturated heterocycles. The molecule has 1 fully saturated rings. The summed E-state index contributed by atoms with van der Waals surface area (Å²) in [5.41, 5.74) is 0. The molecule has 1 atom stereocenters. The maximum Gasteiger partial charge on any atom is 0.228 e. The molecule has 0 saturated carbocycles. The van der Waals surface area contributed by atoms with E-state index in [9.17, 15) is 4.79 Å². The Bertz CT molecular complexity index is 388. The first-order chi connectivity index (χ1) is 8.16. The van der Waals surface area contributed by atoms with Gasteiger partial charge in [-0.3, -0.25) is 4.79 Å². The summed E-state index contributed by atoms with van der Waals surface area (Å²) in [6.07, 6.45) is 2.04. The SMILES string of the molecule is CC(C(=O)NC1CCNCC1)c1ccc(Cl)s1. The van der Waals surface area contributed by atoms with Gasteiger partial charge >= 0.3 is 0 Å². The first kappa shape index (κ1) is 12.9. The van der Waals surface area contributed by atoms with E-state index < -0.39 is 0 Å². The average molecular weight is 273 g/mol. The summed E-state index contributed by atoms with van der Waals surface area (Å²) < 4.78 is 0.738. The van der Waals surface area contributed by atoms with E-state index in [0.717, 1.165) is 35.1 Å². The molecule has 2 N–H and O–H groups in total. The van der Waals surface area contributed by atoms with Gasteiger partial charge in [0, 0.05) is 10.9 Å². The zero-order chi connectivity index (χ0) is 12.3.